The van der Waals surface area contributed by atoms with Crippen LogP contribution >= 0.6 is 12.4 Å². The van der Waals surface area contributed by atoms with Gasteiger partial charge in [0.2, 0.25) is 0 Å². The number of nitriles is 2. The van der Waals surface area contributed by atoms with Crippen molar-refractivity contribution >= 4 is 12.4 Å². The van der Waals surface area contributed by atoms with Crippen molar-refractivity contribution in [3.8, 4) is 12.1 Å². The average Bonchev–Trinajstić information content (AvgIpc) is 2.05. The minimum atomic E-state index is 0. The molecule has 2 nitrogen and oxygen atoms in total. The quantitative estimate of drug-likeness (QED) is 0.588. The Balaban J connectivity index is 0.000001000. The molecule has 1 aromatic carbocycles. The summed E-state index contributed by atoms with van der Waals surface area (Å²) < 4.78 is 0. The fourth-order valence-corrected chi connectivity index (χ4v) is 0.658. The SMILES string of the molecule is Cl.N#Cc1cccc(C#N)c1. The van der Waals surface area contributed by atoms with Crippen LogP contribution in [0.4, 0.5) is 0 Å². The third-order valence-electron chi connectivity index (χ3n) is 1.12. The molecule has 0 amide bonds. The monoisotopic (exact) mass is 164 g/mol. The van der Waals surface area contributed by atoms with Crippen LogP contribution in [0, 0.1) is 22.7 Å². The van der Waals surface area contributed by atoms with E-state index in [4.69, 9.17) is 10.5 Å². The number of rotatable bonds is 0. The molecule has 0 aromatic heterocycles. The fraction of sp³-hybridized carbons (Fsp3) is 0. The summed E-state index contributed by atoms with van der Waals surface area (Å²) in [6.45, 7) is 0. The van der Waals surface area contributed by atoms with Crippen molar-refractivity contribution in [1.82, 2.24) is 0 Å². The van der Waals surface area contributed by atoms with Gasteiger partial charge in [-0.05, 0) is 18.2 Å². The van der Waals surface area contributed by atoms with Crippen LogP contribution in [0.3, 0.4) is 0 Å². The Morgan fingerprint density at radius 3 is 1.82 bits per heavy atom. The Kier molecular flexibility index (Phi) is 3.73. The third-order valence-corrected chi connectivity index (χ3v) is 1.12. The normalized spacial score (nSPS) is 7.09. The molecule has 0 heterocycles. The van der Waals surface area contributed by atoms with Gasteiger partial charge in [0.05, 0.1) is 23.3 Å². The van der Waals surface area contributed by atoms with E-state index in [-0.39, 0.29) is 12.4 Å². The van der Waals surface area contributed by atoms with Gasteiger partial charge >= 0.3 is 0 Å². The van der Waals surface area contributed by atoms with Crippen molar-refractivity contribution in [2.75, 3.05) is 0 Å². The maximum atomic E-state index is 8.40. The van der Waals surface area contributed by atoms with Gasteiger partial charge in [0.1, 0.15) is 0 Å². The molecule has 0 aliphatic heterocycles. The highest BCUT2D eigenvalue weighted by Gasteiger charge is 1.90. The molecule has 0 spiro atoms. The third kappa shape index (κ3) is 2.29. The van der Waals surface area contributed by atoms with E-state index in [9.17, 15) is 0 Å². The summed E-state index contributed by atoms with van der Waals surface area (Å²) in [6, 6.07) is 10.5. The fourth-order valence-electron chi connectivity index (χ4n) is 0.658. The molecule has 0 bridgehead atoms. The number of hydrogen-bond acceptors (Lipinski definition) is 2. The van der Waals surface area contributed by atoms with Gasteiger partial charge in [-0.1, -0.05) is 6.07 Å². The van der Waals surface area contributed by atoms with E-state index >= 15 is 0 Å². The number of benzene rings is 1. The minimum Gasteiger partial charge on any atom is -0.192 e. The first kappa shape index (κ1) is 9.49. The molecule has 11 heavy (non-hydrogen) atoms. The van der Waals surface area contributed by atoms with Crippen LogP contribution in [0.1, 0.15) is 11.1 Å². The van der Waals surface area contributed by atoms with Crippen molar-refractivity contribution in [1.29, 1.82) is 10.5 Å². The molecule has 1 rings (SSSR count). The number of hydrogen-bond donors (Lipinski definition) is 0. The predicted octanol–water partition coefficient (Wildman–Crippen LogP) is 1.85. The first-order valence-electron chi connectivity index (χ1n) is 2.77. The van der Waals surface area contributed by atoms with E-state index in [0.29, 0.717) is 11.1 Å². The zero-order valence-corrected chi connectivity index (χ0v) is 6.43. The lowest BCUT2D eigenvalue weighted by Crippen LogP contribution is -1.75. The van der Waals surface area contributed by atoms with Crippen LogP contribution in [0.2, 0.25) is 0 Å². The first-order chi connectivity index (χ1) is 4.86. The molecule has 0 saturated carbocycles. The second-order valence-electron chi connectivity index (χ2n) is 1.80. The van der Waals surface area contributed by atoms with Crippen LogP contribution in [0.5, 0.6) is 0 Å². The second-order valence-corrected chi connectivity index (χ2v) is 1.80. The Bertz CT molecular complexity index is 290. The van der Waals surface area contributed by atoms with E-state index < -0.39 is 0 Å². The summed E-state index contributed by atoms with van der Waals surface area (Å²) in [6.07, 6.45) is 0. The van der Waals surface area contributed by atoms with Gasteiger partial charge in [0, 0.05) is 0 Å². The molecule has 0 saturated heterocycles. The van der Waals surface area contributed by atoms with E-state index in [0.717, 1.165) is 0 Å². The van der Waals surface area contributed by atoms with Gasteiger partial charge in [-0.2, -0.15) is 10.5 Å². The van der Waals surface area contributed by atoms with Gasteiger partial charge in [-0.25, -0.2) is 0 Å². The Morgan fingerprint density at radius 1 is 1.00 bits per heavy atom. The standard InChI is InChI=1S/C8H4N2.ClH/c9-5-7-2-1-3-8(4-7)6-10;/h1-4H;1H. The predicted molar refractivity (Wildman–Crippen MR) is 43.1 cm³/mol. The largest absolute Gasteiger partial charge is 0.192 e. The topological polar surface area (TPSA) is 47.6 Å². The number of nitrogens with zero attached hydrogens (tertiary/aromatic N) is 2. The molecule has 0 atom stereocenters. The molecule has 0 aliphatic rings. The van der Waals surface area contributed by atoms with Crippen LogP contribution in [-0.4, -0.2) is 0 Å². The molecule has 0 aliphatic carbocycles. The molecular formula is C8H5ClN2. The molecule has 1 aromatic rings. The molecule has 0 N–H and O–H groups in total. The highest BCUT2D eigenvalue weighted by Crippen LogP contribution is 2.01. The summed E-state index contributed by atoms with van der Waals surface area (Å²) in [7, 11) is 0. The van der Waals surface area contributed by atoms with Gasteiger partial charge in [-0.3, -0.25) is 0 Å². The Morgan fingerprint density at radius 2 is 1.45 bits per heavy atom. The van der Waals surface area contributed by atoms with E-state index in [1.165, 1.54) is 0 Å². The molecule has 0 radical (unpaired) electrons. The lowest BCUT2D eigenvalue weighted by Gasteiger charge is -1.86. The van der Waals surface area contributed by atoms with Crippen LogP contribution < -0.4 is 0 Å². The lowest BCUT2D eigenvalue weighted by molar-refractivity contribution is 1.45. The maximum Gasteiger partial charge on any atom is 0.0992 e. The minimum absolute atomic E-state index is 0. The lowest BCUT2D eigenvalue weighted by atomic mass is 10.2. The van der Waals surface area contributed by atoms with E-state index in [2.05, 4.69) is 0 Å². The molecular weight excluding hydrogens is 160 g/mol. The van der Waals surface area contributed by atoms with Crippen LogP contribution in [-0.2, 0) is 0 Å². The van der Waals surface area contributed by atoms with Crippen molar-refractivity contribution in [3.05, 3.63) is 35.4 Å². The smallest absolute Gasteiger partial charge is 0.0992 e. The van der Waals surface area contributed by atoms with Crippen LogP contribution in [0.25, 0.3) is 0 Å². The highest BCUT2D eigenvalue weighted by molar-refractivity contribution is 5.85. The molecule has 0 fully saturated rings. The summed E-state index contributed by atoms with van der Waals surface area (Å²) in [4.78, 5) is 0. The van der Waals surface area contributed by atoms with Crippen molar-refractivity contribution in [2.24, 2.45) is 0 Å². The van der Waals surface area contributed by atoms with Gasteiger partial charge < -0.3 is 0 Å². The molecule has 3 heteroatoms. The van der Waals surface area contributed by atoms with Gasteiger partial charge in [0.15, 0.2) is 0 Å². The van der Waals surface area contributed by atoms with Crippen LogP contribution in [0.15, 0.2) is 24.3 Å². The first-order valence-corrected chi connectivity index (χ1v) is 2.77. The zero-order valence-electron chi connectivity index (χ0n) is 5.61. The van der Waals surface area contributed by atoms with Crippen molar-refractivity contribution < 1.29 is 0 Å². The Labute approximate surface area is 71.1 Å². The molecule has 54 valence electrons. The van der Waals surface area contributed by atoms with E-state index in [1.807, 2.05) is 12.1 Å². The maximum absolute atomic E-state index is 8.40. The zero-order chi connectivity index (χ0) is 7.40. The summed E-state index contributed by atoms with van der Waals surface area (Å²) >= 11 is 0. The summed E-state index contributed by atoms with van der Waals surface area (Å²) in [5.41, 5.74) is 1.05. The second kappa shape index (κ2) is 4.33. The highest BCUT2D eigenvalue weighted by atomic mass is 35.5. The summed E-state index contributed by atoms with van der Waals surface area (Å²) in [5.74, 6) is 0. The number of halogens is 1. The van der Waals surface area contributed by atoms with E-state index in [1.54, 1.807) is 24.3 Å². The van der Waals surface area contributed by atoms with Gasteiger partial charge in [0.25, 0.3) is 0 Å². The molecule has 0 unspecified atom stereocenters. The Hall–Kier alpha value is -1.51. The average molecular weight is 165 g/mol. The summed E-state index contributed by atoms with van der Waals surface area (Å²) in [5, 5.41) is 16.8. The van der Waals surface area contributed by atoms with Gasteiger partial charge in [-0.15, -0.1) is 12.4 Å². The van der Waals surface area contributed by atoms with Crippen molar-refractivity contribution in [2.45, 2.75) is 0 Å². The van der Waals surface area contributed by atoms with Crippen molar-refractivity contribution in [3.63, 3.8) is 0 Å².